The second-order valence-electron chi connectivity index (χ2n) is 6.85. The molecule has 1 atom stereocenters. The Balaban J connectivity index is 1.55. The first-order chi connectivity index (χ1) is 13.3. The standard InChI is InChI=1S/C22H17F3O2S/c1-13-7-8-15-10-19(20(26)17(15)9-13)27-12-16-11-18(14-5-3-2-4-6-14)21(28-16)22(23,24)25/h2-9,11,19H,10,12H2,1H3. The van der Waals surface area contributed by atoms with Gasteiger partial charge in [0, 0.05) is 22.4 Å². The van der Waals surface area contributed by atoms with Gasteiger partial charge in [0.2, 0.25) is 0 Å². The maximum atomic E-state index is 13.5. The molecule has 0 aliphatic heterocycles. The van der Waals surface area contributed by atoms with Crippen LogP contribution < -0.4 is 0 Å². The van der Waals surface area contributed by atoms with E-state index in [0.29, 0.717) is 33.8 Å². The summed E-state index contributed by atoms with van der Waals surface area (Å²) in [5, 5.41) is 0. The smallest absolute Gasteiger partial charge is 0.364 e. The molecule has 1 unspecified atom stereocenters. The Hall–Kier alpha value is -2.44. The van der Waals surface area contributed by atoms with Gasteiger partial charge in [0.1, 0.15) is 11.0 Å². The highest BCUT2D eigenvalue weighted by Crippen LogP contribution is 2.43. The number of hydrogen-bond acceptors (Lipinski definition) is 3. The number of thiophene rings is 1. The van der Waals surface area contributed by atoms with Crippen LogP contribution >= 0.6 is 11.3 Å². The molecule has 3 aromatic rings. The van der Waals surface area contributed by atoms with Crippen LogP contribution in [0.3, 0.4) is 0 Å². The van der Waals surface area contributed by atoms with Crippen molar-refractivity contribution in [2.75, 3.05) is 0 Å². The molecule has 0 fully saturated rings. The third kappa shape index (κ3) is 3.62. The molecule has 2 nitrogen and oxygen atoms in total. The third-order valence-electron chi connectivity index (χ3n) is 4.78. The van der Waals surface area contributed by atoms with Gasteiger partial charge in [0.05, 0.1) is 6.61 Å². The lowest BCUT2D eigenvalue weighted by atomic mass is 10.1. The first-order valence-electron chi connectivity index (χ1n) is 8.83. The lowest BCUT2D eigenvalue weighted by Gasteiger charge is -2.08. The summed E-state index contributed by atoms with van der Waals surface area (Å²) >= 11 is 0.671. The van der Waals surface area contributed by atoms with Crippen molar-refractivity contribution in [3.05, 3.63) is 81.0 Å². The molecule has 0 saturated carbocycles. The van der Waals surface area contributed by atoms with Crippen LogP contribution in [0, 0.1) is 6.92 Å². The monoisotopic (exact) mass is 402 g/mol. The first kappa shape index (κ1) is 18.9. The first-order valence-corrected chi connectivity index (χ1v) is 9.65. The van der Waals surface area contributed by atoms with E-state index in [4.69, 9.17) is 4.74 Å². The normalized spacial score (nSPS) is 16.4. The summed E-state index contributed by atoms with van der Waals surface area (Å²) in [4.78, 5) is 12.3. The van der Waals surface area contributed by atoms with Crippen LogP contribution in [0.1, 0.15) is 31.2 Å². The van der Waals surface area contributed by atoms with E-state index >= 15 is 0 Å². The van der Waals surface area contributed by atoms with E-state index in [1.165, 1.54) is 6.07 Å². The molecule has 0 spiro atoms. The zero-order chi connectivity index (χ0) is 19.9. The summed E-state index contributed by atoms with van der Waals surface area (Å²) in [5.41, 5.74) is 3.23. The number of alkyl halides is 3. The Morgan fingerprint density at radius 1 is 1.07 bits per heavy atom. The SMILES string of the molecule is Cc1ccc2c(c1)C(=O)C(OCc1cc(-c3ccccc3)c(C(F)(F)F)s1)C2. The van der Waals surface area contributed by atoms with Crippen molar-refractivity contribution >= 4 is 17.1 Å². The number of benzene rings is 2. The van der Waals surface area contributed by atoms with Gasteiger partial charge in [-0.15, -0.1) is 11.3 Å². The summed E-state index contributed by atoms with van der Waals surface area (Å²) in [5.74, 6) is -0.102. The molecule has 1 aromatic heterocycles. The summed E-state index contributed by atoms with van der Waals surface area (Å²) in [6, 6.07) is 15.7. The predicted molar refractivity (Wildman–Crippen MR) is 103 cm³/mol. The molecule has 2 aromatic carbocycles. The van der Waals surface area contributed by atoms with E-state index < -0.39 is 17.2 Å². The van der Waals surface area contributed by atoms with Crippen molar-refractivity contribution in [3.8, 4) is 11.1 Å². The molecule has 0 N–H and O–H groups in total. The molecule has 0 radical (unpaired) electrons. The number of halogens is 3. The average Bonchev–Trinajstić information content (AvgIpc) is 3.23. The number of carbonyl (C=O) groups excluding carboxylic acids is 1. The summed E-state index contributed by atoms with van der Waals surface area (Å²) < 4.78 is 46.2. The van der Waals surface area contributed by atoms with Crippen molar-refractivity contribution in [3.63, 3.8) is 0 Å². The van der Waals surface area contributed by atoms with Gasteiger partial charge in [0.25, 0.3) is 0 Å². The number of Topliss-reactive ketones (excluding diaryl/α,β-unsaturated/α-hetero) is 1. The van der Waals surface area contributed by atoms with E-state index in [-0.39, 0.29) is 18.0 Å². The van der Waals surface area contributed by atoms with Crippen LogP contribution in [0.2, 0.25) is 0 Å². The number of fused-ring (bicyclic) bond motifs is 1. The van der Waals surface area contributed by atoms with Crippen molar-refractivity contribution in [1.29, 1.82) is 0 Å². The minimum atomic E-state index is -4.44. The molecule has 1 aliphatic carbocycles. The largest absolute Gasteiger partial charge is 0.426 e. The Morgan fingerprint density at radius 3 is 2.54 bits per heavy atom. The molecule has 1 aliphatic rings. The maximum absolute atomic E-state index is 13.5. The molecule has 0 amide bonds. The molecule has 28 heavy (non-hydrogen) atoms. The molecule has 144 valence electrons. The van der Waals surface area contributed by atoms with E-state index in [1.54, 1.807) is 30.3 Å². The summed E-state index contributed by atoms with van der Waals surface area (Å²) in [6.45, 7) is 1.89. The molecule has 0 saturated heterocycles. The highest BCUT2D eigenvalue weighted by atomic mass is 32.1. The lowest BCUT2D eigenvalue weighted by molar-refractivity contribution is -0.133. The average molecular weight is 402 g/mol. The maximum Gasteiger partial charge on any atom is 0.426 e. The van der Waals surface area contributed by atoms with Gasteiger partial charge in [-0.2, -0.15) is 13.2 Å². The molecular formula is C22H17F3O2S. The zero-order valence-electron chi connectivity index (χ0n) is 15.0. The lowest BCUT2D eigenvalue weighted by Crippen LogP contribution is -2.19. The fraction of sp³-hybridized carbons (Fsp3) is 0.227. The summed E-state index contributed by atoms with van der Waals surface area (Å²) in [6.07, 6.45) is -4.63. The fourth-order valence-electron chi connectivity index (χ4n) is 3.44. The Bertz CT molecular complexity index is 1020. The molecular weight excluding hydrogens is 385 g/mol. The van der Waals surface area contributed by atoms with Gasteiger partial charge < -0.3 is 4.74 Å². The van der Waals surface area contributed by atoms with E-state index in [9.17, 15) is 18.0 Å². The molecule has 0 bridgehead atoms. The number of carbonyl (C=O) groups is 1. The van der Waals surface area contributed by atoms with Crippen LogP contribution in [0.15, 0.2) is 54.6 Å². The Morgan fingerprint density at radius 2 is 1.82 bits per heavy atom. The van der Waals surface area contributed by atoms with Crippen molar-refractivity contribution in [2.45, 2.75) is 32.2 Å². The van der Waals surface area contributed by atoms with E-state index in [0.717, 1.165) is 11.1 Å². The van der Waals surface area contributed by atoms with Crippen molar-refractivity contribution in [1.82, 2.24) is 0 Å². The predicted octanol–water partition coefficient (Wildman–Crippen LogP) is 6.07. The Labute approximate surface area is 164 Å². The van der Waals surface area contributed by atoms with Gasteiger partial charge >= 0.3 is 6.18 Å². The molecule has 1 heterocycles. The van der Waals surface area contributed by atoms with Crippen LogP contribution in [0.4, 0.5) is 13.2 Å². The second-order valence-corrected chi connectivity index (χ2v) is 7.98. The van der Waals surface area contributed by atoms with Crippen molar-refractivity contribution in [2.24, 2.45) is 0 Å². The molecule has 4 rings (SSSR count). The number of ketones is 1. The van der Waals surface area contributed by atoms with Gasteiger partial charge in [-0.25, -0.2) is 0 Å². The van der Waals surface area contributed by atoms with Crippen LogP contribution in [0.5, 0.6) is 0 Å². The number of ether oxygens (including phenoxy) is 1. The number of rotatable bonds is 4. The summed E-state index contributed by atoms with van der Waals surface area (Å²) in [7, 11) is 0. The van der Waals surface area contributed by atoms with Gasteiger partial charge in [0.15, 0.2) is 5.78 Å². The van der Waals surface area contributed by atoms with Gasteiger partial charge in [-0.1, -0.05) is 48.0 Å². The quantitative estimate of drug-likeness (QED) is 0.530. The third-order valence-corrected chi connectivity index (χ3v) is 5.93. The fourth-order valence-corrected chi connectivity index (χ4v) is 4.41. The van der Waals surface area contributed by atoms with Crippen LogP contribution in [0.25, 0.3) is 11.1 Å². The molecule has 6 heteroatoms. The number of hydrogen-bond donors (Lipinski definition) is 0. The van der Waals surface area contributed by atoms with E-state index in [1.807, 2.05) is 25.1 Å². The zero-order valence-corrected chi connectivity index (χ0v) is 15.9. The van der Waals surface area contributed by atoms with E-state index in [2.05, 4.69) is 0 Å². The van der Waals surface area contributed by atoms with Crippen LogP contribution in [-0.2, 0) is 23.9 Å². The van der Waals surface area contributed by atoms with Crippen molar-refractivity contribution < 1.29 is 22.7 Å². The highest BCUT2D eigenvalue weighted by molar-refractivity contribution is 7.12. The van der Waals surface area contributed by atoms with Gasteiger partial charge in [-0.05, 0) is 30.2 Å². The minimum absolute atomic E-state index is 0.0239. The van der Waals surface area contributed by atoms with Gasteiger partial charge in [-0.3, -0.25) is 4.79 Å². The Kier molecular flexibility index (Phi) is 4.85. The number of aryl methyl sites for hydroxylation is 1. The highest BCUT2D eigenvalue weighted by Gasteiger charge is 2.37. The second kappa shape index (κ2) is 7.18. The van der Waals surface area contributed by atoms with Crippen LogP contribution in [-0.4, -0.2) is 11.9 Å². The topological polar surface area (TPSA) is 26.3 Å². The minimum Gasteiger partial charge on any atom is -0.364 e.